The van der Waals surface area contributed by atoms with Crippen molar-refractivity contribution in [1.29, 1.82) is 0 Å². The summed E-state index contributed by atoms with van der Waals surface area (Å²) in [6.07, 6.45) is 0. The van der Waals surface area contributed by atoms with Gasteiger partial charge in [0.25, 0.3) is 5.91 Å². The van der Waals surface area contributed by atoms with Crippen LogP contribution in [-0.4, -0.2) is 5.91 Å². The molecule has 1 aromatic rings. The molecule has 2 nitrogen and oxygen atoms in total. The lowest BCUT2D eigenvalue weighted by molar-refractivity contribution is 0.100. The van der Waals surface area contributed by atoms with Crippen LogP contribution in [0.2, 0.25) is 5.02 Å². The van der Waals surface area contributed by atoms with Gasteiger partial charge >= 0.3 is 0 Å². The van der Waals surface area contributed by atoms with Crippen LogP contribution in [0.4, 0.5) is 0 Å². The average molecular weight is 176 g/mol. The maximum atomic E-state index is 10.6. The van der Waals surface area contributed by atoms with Gasteiger partial charge in [0.05, 0.1) is 5.02 Å². The summed E-state index contributed by atoms with van der Waals surface area (Å²) in [5.41, 5.74) is 5.01. The van der Waals surface area contributed by atoms with Gasteiger partial charge in [0.1, 0.15) is 4.88 Å². The Morgan fingerprint density at radius 3 is 2.60 bits per heavy atom. The third-order valence-corrected chi connectivity index (χ3v) is 2.51. The van der Waals surface area contributed by atoms with E-state index in [9.17, 15) is 4.79 Å². The average Bonchev–Trinajstić information content (AvgIpc) is 2.10. The van der Waals surface area contributed by atoms with Gasteiger partial charge in [-0.2, -0.15) is 0 Å². The number of nitrogens with two attached hydrogens (primary N) is 1. The Labute approximate surface area is 67.6 Å². The molecule has 10 heavy (non-hydrogen) atoms. The summed E-state index contributed by atoms with van der Waals surface area (Å²) >= 11 is 6.97. The second-order valence-electron chi connectivity index (χ2n) is 1.90. The summed E-state index contributed by atoms with van der Waals surface area (Å²) < 4.78 is 0. The number of rotatable bonds is 1. The lowest BCUT2D eigenvalue weighted by Gasteiger charge is -1.85. The number of halogens is 1. The van der Waals surface area contributed by atoms with Crippen LogP contribution < -0.4 is 5.73 Å². The maximum absolute atomic E-state index is 10.6. The molecule has 4 heteroatoms. The SMILES string of the molecule is Cc1cc(Cl)c(C(N)=O)s1. The van der Waals surface area contributed by atoms with E-state index in [1.54, 1.807) is 6.07 Å². The van der Waals surface area contributed by atoms with E-state index in [4.69, 9.17) is 17.3 Å². The van der Waals surface area contributed by atoms with Crippen molar-refractivity contribution >= 4 is 28.8 Å². The molecule has 1 aromatic heterocycles. The van der Waals surface area contributed by atoms with Gasteiger partial charge in [-0.25, -0.2) is 0 Å². The molecule has 0 radical (unpaired) electrons. The highest BCUT2D eigenvalue weighted by atomic mass is 35.5. The standard InChI is InChI=1S/C6H6ClNOS/c1-3-2-4(7)5(10-3)6(8)9/h2H,1H3,(H2,8,9). The minimum Gasteiger partial charge on any atom is -0.365 e. The van der Waals surface area contributed by atoms with Crippen molar-refractivity contribution in [3.8, 4) is 0 Å². The topological polar surface area (TPSA) is 43.1 Å². The number of carbonyl (C=O) groups excluding carboxylic acids is 1. The van der Waals surface area contributed by atoms with E-state index >= 15 is 0 Å². The van der Waals surface area contributed by atoms with Crippen molar-refractivity contribution in [2.24, 2.45) is 5.73 Å². The van der Waals surface area contributed by atoms with Gasteiger partial charge in [-0.1, -0.05) is 11.6 Å². The smallest absolute Gasteiger partial charge is 0.260 e. The lowest BCUT2D eigenvalue weighted by atomic mass is 10.4. The zero-order valence-corrected chi connectivity index (χ0v) is 6.92. The monoisotopic (exact) mass is 175 g/mol. The van der Waals surface area contributed by atoms with Crippen molar-refractivity contribution in [2.45, 2.75) is 6.92 Å². The maximum Gasteiger partial charge on any atom is 0.260 e. The van der Waals surface area contributed by atoms with E-state index in [1.165, 1.54) is 11.3 Å². The number of thiophene rings is 1. The van der Waals surface area contributed by atoms with Crippen molar-refractivity contribution in [3.63, 3.8) is 0 Å². The van der Waals surface area contributed by atoms with Crippen LogP contribution in [0.1, 0.15) is 14.5 Å². The van der Waals surface area contributed by atoms with Gasteiger partial charge in [0.15, 0.2) is 0 Å². The highest BCUT2D eigenvalue weighted by Crippen LogP contribution is 2.25. The molecule has 54 valence electrons. The number of aryl methyl sites for hydroxylation is 1. The first-order chi connectivity index (χ1) is 4.61. The fourth-order valence-corrected chi connectivity index (χ4v) is 1.84. The van der Waals surface area contributed by atoms with E-state index in [1.807, 2.05) is 6.92 Å². The third kappa shape index (κ3) is 1.30. The van der Waals surface area contributed by atoms with Gasteiger partial charge in [-0.3, -0.25) is 4.79 Å². The molecule has 1 amide bonds. The number of hydrogen-bond donors (Lipinski definition) is 1. The molecule has 1 rings (SSSR count). The van der Waals surface area contributed by atoms with Crippen molar-refractivity contribution in [3.05, 3.63) is 20.8 Å². The Morgan fingerprint density at radius 1 is 1.80 bits per heavy atom. The molecule has 0 fully saturated rings. The predicted octanol–water partition coefficient (Wildman–Crippen LogP) is 1.81. The largest absolute Gasteiger partial charge is 0.365 e. The first-order valence-electron chi connectivity index (χ1n) is 2.67. The molecule has 0 saturated carbocycles. The summed E-state index contributed by atoms with van der Waals surface area (Å²) in [4.78, 5) is 12.0. The lowest BCUT2D eigenvalue weighted by Crippen LogP contribution is -2.08. The van der Waals surface area contributed by atoms with Crippen LogP contribution in [0.5, 0.6) is 0 Å². The van der Waals surface area contributed by atoms with Gasteiger partial charge in [-0.15, -0.1) is 11.3 Å². The molecule has 0 aliphatic heterocycles. The van der Waals surface area contributed by atoms with E-state index in [-0.39, 0.29) is 0 Å². The van der Waals surface area contributed by atoms with E-state index < -0.39 is 5.91 Å². The van der Waals surface area contributed by atoms with Crippen LogP contribution >= 0.6 is 22.9 Å². The van der Waals surface area contributed by atoms with Crippen LogP contribution in [0, 0.1) is 6.92 Å². The normalized spacial score (nSPS) is 9.80. The molecule has 0 saturated heterocycles. The molecule has 2 N–H and O–H groups in total. The number of primary amides is 1. The van der Waals surface area contributed by atoms with Crippen LogP contribution in [0.3, 0.4) is 0 Å². The Kier molecular flexibility index (Phi) is 1.97. The molecular weight excluding hydrogens is 170 g/mol. The van der Waals surface area contributed by atoms with E-state index in [2.05, 4.69) is 0 Å². The van der Waals surface area contributed by atoms with Crippen molar-refractivity contribution in [2.75, 3.05) is 0 Å². The molecular formula is C6H6ClNOS. The predicted molar refractivity (Wildman–Crippen MR) is 42.6 cm³/mol. The fraction of sp³-hybridized carbons (Fsp3) is 0.167. The Bertz CT molecular complexity index is 269. The van der Waals surface area contributed by atoms with Gasteiger partial charge < -0.3 is 5.73 Å². The van der Waals surface area contributed by atoms with Crippen molar-refractivity contribution in [1.82, 2.24) is 0 Å². The number of carbonyl (C=O) groups is 1. The number of hydrogen-bond acceptors (Lipinski definition) is 2. The second kappa shape index (κ2) is 2.60. The zero-order chi connectivity index (χ0) is 7.72. The fourth-order valence-electron chi connectivity index (χ4n) is 0.651. The Balaban J connectivity index is 3.15. The Hall–Kier alpha value is -0.540. The van der Waals surface area contributed by atoms with E-state index in [0.29, 0.717) is 9.90 Å². The minimum atomic E-state index is -0.455. The molecule has 0 bridgehead atoms. The van der Waals surface area contributed by atoms with Crippen LogP contribution in [-0.2, 0) is 0 Å². The van der Waals surface area contributed by atoms with Gasteiger partial charge in [-0.05, 0) is 13.0 Å². The Morgan fingerprint density at radius 2 is 2.40 bits per heavy atom. The summed E-state index contributed by atoms with van der Waals surface area (Å²) in [5, 5.41) is 0.454. The molecule has 1 heterocycles. The zero-order valence-electron chi connectivity index (χ0n) is 5.35. The molecule has 0 atom stereocenters. The van der Waals surface area contributed by atoms with Gasteiger partial charge in [0.2, 0.25) is 0 Å². The third-order valence-electron chi connectivity index (χ3n) is 1.03. The summed E-state index contributed by atoms with van der Waals surface area (Å²) in [6, 6.07) is 1.73. The molecule has 0 unspecified atom stereocenters. The second-order valence-corrected chi connectivity index (χ2v) is 3.56. The summed E-state index contributed by atoms with van der Waals surface area (Å²) in [7, 11) is 0. The highest BCUT2D eigenvalue weighted by molar-refractivity contribution is 7.14. The summed E-state index contributed by atoms with van der Waals surface area (Å²) in [5.74, 6) is -0.455. The molecule has 0 spiro atoms. The number of amides is 1. The molecule has 0 aliphatic rings. The quantitative estimate of drug-likeness (QED) is 0.695. The molecule has 0 aromatic carbocycles. The van der Waals surface area contributed by atoms with Gasteiger partial charge in [0, 0.05) is 4.88 Å². The van der Waals surface area contributed by atoms with Crippen molar-refractivity contribution < 1.29 is 4.79 Å². The first kappa shape index (κ1) is 7.57. The van der Waals surface area contributed by atoms with Crippen LogP contribution in [0.15, 0.2) is 6.07 Å². The first-order valence-corrected chi connectivity index (χ1v) is 3.86. The summed E-state index contributed by atoms with van der Waals surface area (Å²) in [6.45, 7) is 1.88. The molecule has 0 aliphatic carbocycles. The van der Waals surface area contributed by atoms with Crippen LogP contribution in [0.25, 0.3) is 0 Å². The van der Waals surface area contributed by atoms with E-state index in [0.717, 1.165) is 4.88 Å². The minimum absolute atomic E-state index is 0.444. The highest BCUT2D eigenvalue weighted by Gasteiger charge is 2.08.